The maximum Gasteiger partial charge on any atom is 0.251 e. The number of nitrogens with one attached hydrogen (secondary N) is 2. The Morgan fingerprint density at radius 3 is 3.00 bits per heavy atom. The van der Waals surface area contributed by atoms with Crippen molar-refractivity contribution in [1.29, 1.82) is 0 Å². The van der Waals surface area contributed by atoms with Crippen LogP contribution in [0.1, 0.15) is 34.3 Å². The monoisotopic (exact) mass is 470 g/mol. The van der Waals surface area contributed by atoms with Gasteiger partial charge >= 0.3 is 0 Å². The molecule has 6 nitrogen and oxygen atoms in total. The number of benzene rings is 3. The number of rotatable bonds is 5. The van der Waals surface area contributed by atoms with Crippen LogP contribution in [0.5, 0.6) is 5.75 Å². The molecule has 2 aliphatic heterocycles. The third-order valence-corrected chi connectivity index (χ3v) is 6.98. The minimum Gasteiger partial charge on any atom is -0.493 e. The van der Waals surface area contributed by atoms with Crippen LogP contribution in [0.4, 0.5) is 4.39 Å². The summed E-state index contributed by atoms with van der Waals surface area (Å²) in [7, 11) is 0. The Hall–Kier alpha value is -3.71. The molecule has 3 heterocycles. The number of carbonyl (C=O) groups excluding carboxylic acids is 1. The Morgan fingerprint density at radius 2 is 2.09 bits per heavy atom. The van der Waals surface area contributed by atoms with E-state index in [2.05, 4.69) is 26.5 Å². The highest BCUT2D eigenvalue weighted by Crippen LogP contribution is 2.33. The minimum atomic E-state index is -0.182. The number of piperidine rings is 1. The first-order valence-corrected chi connectivity index (χ1v) is 12.1. The van der Waals surface area contributed by atoms with Gasteiger partial charge < -0.3 is 10.1 Å². The number of nitrogens with zero attached hydrogens (tertiary/aromatic N) is 2. The number of amides is 1. The molecule has 1 fully saturated rings. The van der Waals surface area contributed by atoms with Crippen molar-refractivity contribution in [1.82, 2.24) is 20.4 Å². The fourth-order valence-corrected chi connectivity index (χ4v) is 5.16. The molecule has 0 saturated carbocycles. The first-order valence-electron chi connectivity index (χ1n) is 12.1. The predicted octanol–water partition coefficient (Wildman–Crippen LogP) is 4.70. The quantitative estimate of drug-likeness (QED) is 0.444. The van der Waals surface area contributed by atoms with Gasteiger partial charge in [0.1, 0.15) is 11.6 Å². The number of hydrogen-bond donors (Lipinski definition) is 2. The molecular formula is C28H27FN4O2. The van der Waals surface area contributed by atoms with Gasteiger partial charge in [-0.25, -0.2) is 4.39 Å². The van der Waals surface area contributed by atoms with Crippen molar-refractivity contribution in [2.24, 2.45) is 0 Å². The van der Waals surface area contributed by atoms with Crippen LogP contribution in [0.3, 0.4) is 0 Å². The topological polar surface area (TPSA) is 70.2 Å². The van der Waals surface area contributed by atoms with Gasteiger partial charge in [-0.05, 0) is 67.4 Å². The normalized spacial score (nSPS) is 17.8. The molecule has 35 heavy (non-hydrogen) atoms. The summed E-state index contributed by atoms with van der Waals surface area (Å²) in [5, 5.41) is 11.7. The summed E-state index contributed by atoms with van der Waals surface area (Å²) < 4.78 is 19.7. The molecule has 1 saturated heterocycles. The van der Waals surface area contributed by atoms with E-state index in [-0.39, 0.29) is 17.8 Å². The summed E-state index contributed by atoms with van der Waals surface area (Å²) >= 11 is 0. The van der Waals surface area contributed by atoms with E-state index in [1.54, 1.807) is 6.07 Å². The van der Waals surface area contributed by atoms with Gasteiger partial charge in [-0.1, -0.05) is 18.2 Å². The zero-order valence-electron chi connectivity index (χ0n) is 19.4. The largest absolute Gasteiger partial charge is 0.493 e. The Morgan fingerprint density at radius 1 is 1.17 bits per heavy atom. The second kappa shape index (κ2) is 9.15. The van der Waals surface area contributed by atoms with Crippen molar-refractivity contribution in [2.45, 2.75) is 31.8 Å². The molecule has 0 radical (unpaired) electrons. The molecule has 0 spiro atoms. The number of halogens is 1. The molecule has 2 aliphatic rings. The summed E-state index contributed by atoms with van der Waals surface area (Å²) in [4.78, 5) is 15.4. The van der Waals surface area contributed by atoms with Crippen LogP contribution in [-0.2, 0) is 13.0 Å². The lowest BCUT2D eigenvalue weighted by Crippen LogP contribution is -2.47. The van der Waals surface area contributed by atoms with Gasteiger partial charge in [0.25, 0.3) is 5.91 Å². The summed E-state index contributed by atoms with van der Waals surface area (Å²) in [5.74, 6) is 0.656. The minimum absolute atomic E-state index is 0.0271. The van der Waals surface area contributed by atoms with Crippen LogP contribution < -0.4 is 10.1 Å². The van der Waals surface area contributed by atoms with E-state index in [0.29, 0.717) is 30.8 Å². The van der Waals surface area contributed by atoms with E-state index in [1.807, 2.05) is 42.5 Å². The van der Waals surface area contributed by atoms with Crippen LogP contribution >= 0.6 is 0 Å². The van der Waals surface area contributed by atoms with Gasteiger partial charge in [0, 0.05) is 47.6 Å². The summed E-state index contributed by atoms with van der Waals surface area (Å²) in [6.07, 6.45) is 2.77. The maximum atomic E-state index is 14.1. The summed E-state index contributed by atoms with van der Waals surface area (Å²) in [5.41, 5.74) is 5.21. The lowest BCUT2D eigenvalue weighted by atomic mass is 10.0. The first-order chi connectivity index (χ1) is 17.1. The lowest BCUT2D eigenvalue weighted by molar-refractivity contribution is 0.0900. The molecule has 1 aromatic heterocycles. The molecule has 0 aliphatic carbocycles. The van der Waals surface area contributed by atoms with E-state index < -0.39 is 0 Å². The van der Waals surface area contributed by atoms with E-state index >= 15 is 0 Å². The number of likely N-dealkylation sites (tertiary alicyclic amines) is 1. The highest BCUT2D eigenvalue weighted by atomic mass is 19.1. The average Bonchev–Trinajstić information content (AvgIpc) is 3.51. The van der Waals surface area contributed by atoms with Crippen LogP contribution in [0.25, 0.3) is 22.2 Å². The molecule has 6 rings (SSSR count). The standard InChI is InChI=1S/C28H27FN4O2/c29-24-6-2-1-4-21(24)16-33-12-3-5-22(17-33)30-28(34)20-7-9-25-23(15-20)27(32-31-25)19-8-10-26-18(14-19)11-13-35-26/h1-2,4,6-10,14-15,22H,3,5,11-13,16-17H2,(H,30,34)(H,31,32)/t22-/m1/s1. The molecule has 4 aromatic rings. The summed E-state index contributed by atoms with van der Waals surface area (Å²) in [6.45, 7) is 2.87. The zero-order chi connectivity index (χ0) is 23.8. The summed E-state index contributed by atoms with van der Waals surface area (Å²) in [6, 6.07) is 18.7. The van der Waals surface area contributed by atoms with Gasteiger partial charge in [-0.3, -0.25) is 14.8 Å². The predicted molar refractivity (Wildman–Crippen MR) is 133 cm³/mol. The van der Waals surface area contributed by atoms with Crippen molar-refractivity contribution in [3.8, 4) is 17.0 Å². The van der Waals surface area contributed by atoms with E-state index in [4.69, 9.17) is 4.74 Å². The maximum absolute atomic E-state index is 14.1. The number of fused-ring (bicyclic) bond motifs is 2. The van der Waals surface area contributed by atoms with Crippen molar-refractivity contribution in [3.05, 3.63) is 83.2 Å². The fourth-order valence-electron chi connectivity index (χ4n) is 5.16. The fraction of sp³-hybridized carbons (Fsp3) is 0.286. The number of ether oxygens (including phenoxy) is 1. The van der Waals surface area contributed by atoms with E-state index in [9.17, 15) is 9.18 Å². The van der Waals surface area contributed by atoms with Crippen LogP contribution in [-0.4, -0.2) is 46.7 Å². The molecule has 1 atom stereocenters. The number of carbonyl (C=O) groups is 1. The van der Waals surface area contributed by atoms with Crippen molar-refractivity contribution in [3.63, 3.8) is 0 Å². The Kier molecular flexibility index (Phi) is 5.70. The molecular weight excluding hydrogens is 443 g/mol. The van der Waals surface area contributed by atoms with Crippen LogP contribution in [0.2, 0.25) is 0 Å². The molecule has 3 aromatic carbocycles. The third kappa shape index (κ3) is 4.39. The van der Waals surface area contributed by atoms with Gasteiger partial charge in [-0.2, -0.15) is 5.10 Å². The van der Waals surface area contributed by atoms with Gasteiger partial charge in [0.05, 0.1) is 17.8 Å². The van der Waals surface area contributed by atoms with Crippen molar-refractivity contribution in [2.75, 3.05) is 19.7 Å². The number of aromatic nitrogens is 2. The average molecular weight is 471 g/mol. The molecule has 7 heteroatoms. The number of hydrogen-bond acceptors (Lipinski definition) is 4. The van der Waals surface area contributed by atoms with Gasteiger partial charge in [0.15, 0.2) is 0 Å². The Bertz CT molecular complexity index is 1400. The highest BCUT2D eigenvalue weighted by molar-refractivity contribution is 6.01. The molecule has 1 amide bonds. The molecule has 2 N–H and O–H groups in total. The Labute approximate surface area is 203 Å². The number of aromatic amines is 1. The molecule has 178 valence electrons. The van der Waals surface area contributed by atoms with E-state index in [0.717, 1.165) is 53.7 Å². The lowest BCUT2D eigenvalue weighted by Gasteiger charge is -2.33. The second-order valence-corrected chi connectivity index (χ2v) is 9.39. The highest BCUT2D eigenvalue weighted by Gasteiger charge is 2.23. The third-order valence-electron chi connectivity index (χ3n) is 6.98. The van der Waals surface area contributed by atoms with Gasteiger partial charge in [0.2, 0.25) is 0 Å². The van der Waals surface area contributed by atoms with Crippen molar-refractivity contribution < 1.29 is 13.9 Å². The second-order valence-electron chi connectivity index (χ2n) is 9.39. The SMILES string of the molecule is O=C(N[C@@H]1CCCN(Cc2ccccc2F)C1)c1ccc2[nH]nc(-c3ccc4c(c3)CCO4)c2c1. The molecule has 0 bridgehead atoms. The smallest absolute Gasteiger partial charge is 0.251 e. The van der Waals surface area contributed by atoms with Gasteiger partial charge in [-0.15, -0.1) is 0 Å². The van der Waals surface area contributed by atoms with E-state index in [1.165, 1.54) is 11.6 Å². The Balaban J connectivity index is 1.18. The van der Waals surface area contributed by atoms with Crippen LogP contribution in [0.15, 0.2) is 60.7 Å². The first kappa shape index (κ1) is 21.8. The van der Waals surface area contributed by atoms with Crippen molar-refractivity contribution >= 4 is 16.8 Å². The van der Waals surface area contributed by atoms with Crippen LogP contribution in [0, 0.1) is 5.82 Å². The zero-order valence-corrected chi connectivity index (χ0v) is 19.4. The number of H-pyrrole nitrogens is 1. The molecule has 0 unspecified atom stereocenters.